The van der Waals surface area contributed by atoms with Gasteiger partial charge in [0.25, 0.3) is 5.91 Å². The molecule has 0 radical (unpaired) electrons. The van der Waals surface area contributed by atoms with Gasteiger partial charge in [-0.2, -0.15) is 0 Å². The summed E-state index contributed by atoms with van der Waals surface area (Å²) in [5.41, 5.74) is 1.86. The van der Waals surface area contributed by atoms with E-state index in [1.165, 1.54) is 4.90 Å². The normalized spacial score (nSPS) is 22.8. The first kappa shape index (κ1) is 21.4. The molecule has 2 N–H and O–H groups in total. The number of rotatable bonds is 7. The topological polar surface area (TPSA) is 120 Å². The highest BCUT2D eigenvalue weighted by Gasteiger charge is 2.41. The largest absolute Gasteiger partial charge is 0.361 e. The third kappa shape index (κ3) is 4.30. The lowest BCUT2D eigenvalue weighted by Gasteiger charge is -2.29. The molecule has 2 aromatic rings. The minimum absolute atomic E-state index is 0.0565. The number of benzene rings is 1. The summed E-state index contributed by atoms with van der Waals surface area (Å²) in [6.45, 7) is 1.90. The van der Waals surface area contributed by atoms with Crippen LogP contribution < -0.4 is 5.32 Å². The molecule has 2 fully saturated rings. The number of fused-ring (bicyclic) bond motifs is 1. The molecule has 10 heteroatoms. The molecule has 4 rings (SSSR count). The fraction of sp³-hybridized carbons (Fsp3) is 0.476. The Bertz CT molecular complexity index is 1130. The zero-order valence-corrected chi connectivity index (χ0v) is 18.2. The quantitative estimate of drug-likeness (QED) is 0.616. The third-order valence-corrected chi connectivity index (χ3v) is 7.68. The van der Waals surface area contributed by atoms with Crippen molar-refractivity contribution in [2.75, 3.05) is 24.6 Å². The first-order chi connectivity index (χ1) is 14.8. The molecule has 2 aliphatic rings. The molecule has 0 spiro atoms. The number of urea groups is 1. The van der Waals surface area contributed by atoms with Crippen molar-refractivity contribution in [3.05, 3.63) is 36.0 Å². The van der Waals surface area contributed by atoms with E-state index in [0.29, 0.717) is 25.8 Å². The lowest BCUT2D eigenvalue weighted by atomic mass is 10.1. The average molecular weight is 447 g/mol. The summed E-state index contributed by atoms with van der Waals surface area (Å²) < 4.78 is 23.7. The molecular formula is C21H26N4O5S. The van der Waals surface area contributed by atoms with Crippen LogP contribution >= 0.6 is 0 Å². The number of aromatic amines is 1. The first-order valence-electron chi connectivity index (χ1n) is 10.5. The Labute approximate surface area is 180 Å². The van der Waals surface area contributed by atoms with E-state index in [-0.39, 0.29) is 18.1 Å². The van der Waals surface area contributed by atoms with Crippen molar-refractivity contribution < 1.29 is 22.8 Å². The number of hydrogen-bond acceptors (Lipinski definition) is 5. The van der Waals surface area contributed by atoms with Crippen molar-refractivity contribution in [1.29, 1.82) is 0 Å². The molecule has 166 valence electrons. The number of imide groups is 1. The zero-order valence-electron chi connectivity index (χ0n) is 17.3. The summed E-state index contributed by atoms with van der Waals surface area (Å²) in [6.07, 6.45) is 3.18. The molecule has 3 heterocycles. The third-order valence-electron chi connectivity index (χ3n) is 5.93. The molecule has 2 unspecified atom stereocenters. The molecule has 2 saturated heterocycles. The van der Waals surface area contributed by atoms with Gasteiger partial charge in [0.05, 0.1) is 11.5 Å². The summed E-state index contributed by atoms with van der Waals surface area (Å²) in [5, 5.41) is 3.65. The van der Waals surface area contributed by atoms with Gasteiger partial charge >= 0.3 is 6.03 Å². The number of para-hydroxylation sites is 1. The van der Waals surface area contributed by atoms with Gasteiger partial charge in [-0.3, -0.25) is 14.5 Å². The van der Waals surface area contributed by atoms with Crippen LogP contribution in [-0.2, 0) is 25.8 Å². The van der Waals surface area contributed by atoms with Crippen LogP contribution in [0.4, 0.5) is 4.79 Å². The minimum atomic E-state index is -3.15. The Morgan fingerprint density at radius 1 is 1.26 bits per heavy atom. The van der Waals surface area contributed by atoms with E-state index in [1.54, 1.807) is 0 Å². The molecule has 4 amide bonds. The molecule has 1 aromatic heterocycles. The van der Waals surface area contributed by atoms with Crippen LogP contribution in [0, 0.1) is 0 Å². The van der Waals surface area contributed by atoms with Crippen molar-refractivity contribution in [2.45, 2.75) is 38.3 Å². The molecule has 2 atom stereocenters. The van der Waals surface area contributed by atoms with Gasteiger partial charge in [-0.15, -0.1) is 0 Å². The van der Waals surface area contributed by atoms with Gasteiger partial charge in [0, 0.05) is 36.1 Å². The van der Waals surface area contributed by atoms with Crippen LogP contribution in [0.25, 0.3) is 10.9 Å². The maximum absolute atomic E-state index is 12.9. The molecule has 0 aliphatic carbocycles. The minimum Gasteiger partial charge on any atom is -0.361 e. The maximum Gasteiger partial charge on any atom is 0.325 e. The second kappa shape index (κ2) is 8.33. The van der Waals surface area contributed by atoms with Gasteiger partial charge in [-0.1, -0.05) is 25.1 Å². The van der Waals surface area contributed by atoms with Crippen molar-refractivity contribution in [3.63, 3.8) is 0 Å². The number of carbonyl (C=O) groups is 3. The predicted octanol–water partition coefficient (Wildman–Crippen LogP) is 1.06. The number of carbonyl (C=O) groups excluding carboxylic acids is 3. The van der Waals surface area contributed by atoms with Gasteiger partial charge in [0.2, 0.25) is 5.91 Å². The van der Waals surface area contributed by atoms with Crippen LogP contribution in [0.5, 0.6) is 0 Å². The summed E-state index contributed by atoms with van der Waals surface area (Å²) in [6, 6.07) is 5.96. The van der Waals surface area contributed by atoms with Gasteiger partial charge in [0.15, 0.2) is 9.84 Å². The Morgan fingerprint density at radius 3 is 2.74 bits per heavy atom. The second-order valence-corrected chi connectivity index (χ2v) is 10.4. The van der Waals surface area contributed by atoms with E-state index >= 15 is 0 Å². The Hall–Kier alpha value is -2.88. The van der Waals surface area contributed by atoms with Gasteiger partial charge in [0.1, 0.15) is 12.6 Å². The number of nitrogens with one attached hydrogen (secondary N) is 2. The maximum atomic E-state index is 12.9. The first-order valence-corrected chi connectivity index (χ1v) is 12.3. The number of amides is 4. The fourth-order valence-electron chi connectivity index (χ4n) is 4.38. The predicted molar refractivity (Wildman–Crippen MR) is 115 cm³/mol. The van der Waals surface area contributed by atoms with Gasteiger partial charge in [-0.25, -0.2) is 13.2 Å². The van der Waals surface area contributed by atoms with Crippen LogP contribution in [0.1, 0.15) is 25.3 Å². The highest BCUT2D eigenvalue weighted by atomic mass is 32.2. The molecular weight excluding hydrogens is 420 g/mol. The van der Waals surface area contributed by atoms with Crippen LogP contribution in [0.2, 0.25) is 0 Å². The highest BCUT2D eigenvalue weighted by molar-refractivity contribution is 7.91. The lowest BCUT2D eigenvalue weighted by molar-refractivity contribution is -0.138. The van der Waals surface area contributed by atoms with Crippen molar-refractivity contribution >= 4 is 38.6 Å². The van der Waals surface area contributed by atoms with E-state index in [2.05, 4.69) is 10.3 Å². The fourth-order valence-corrected chi connectivity index (χ4v) is 6.12. The molecule has 2 aliphatic heterocycles. The van der Waals surface area contributed by atoms with Crippen molar-refractivity contribution in [1.82, 2.24) is 20.1 Å². The number of sulfone groups is 1. The molecule has 0 saturated carbocycles. The molecule has 9 nitrogen and oxygen atoms in total. The summed E-state index contributed by atoms with van der Waals surface area (Å²) in [4.78, 5) is 43.9. The number of aromatic nitrogens is 1. The highest BCUT2D eigenvalue weighted by Crippen LogP contribution is 2.22. The van der Waals surface area contributed by atoms with Crippen LogP contribution in [0.3, 0.4) is 0 Å². The zero-order chi connectivity index (χ0) is 22.2. The Kier molecular flexibility index (Phi) is 5.74. The average Bonchev–Trinajstić information content (AvgIpc) is 3.38. The van der Waals surface area contributed by atoms with Crippen LogP contribution in [0.15, 0.2) is 30.5 Å². The SMILES string of the molecule is CCCN(C(=O)CN1C(=O)NC(Cc2c[nH]c3ccccc23)C1=O)C1CCS(=O)(=O)C1. The van der Waals surface area contributed by atoms with Crippen LogP contribution in [-0.4, -0.2) is 77.7 Å². The van der Waals surface area contributed by atoms with E-state index in [0.717, 1.165) is 21.4 Å². The monoisotopic (exact) mass is 446 g/mol. The van der Waals surface area contributed by atoms with Crippen molar-refractivity contribution in [3.8, 4) is 0 Å². The summed E-state index contributed by atoms with van der Waals surface area (Å²) in [7, 11) is -3.15. The van der Waals surface area contributed by atoms with Gasteiger partial charge < -0.3 is 15.2 Å². The van der Waals surface area contributed by atoms with Crippen molar-refractivity contribution in [2.24, 2.45) is 0 Å². The van der Waals surface area contributed by atoms with Gasteiger partial charge in [-0.05, 0) is 24.5 Å². The molecule has 1 aromatic carbocycles. The standard InChI is InChI=1S/C21H26N4O5S/c1-2-8-24(15-7-9-31(29,30)13-15)19(26)12-25-20(27)18(23-21(25)28)10-14-11-22-17-6-4-3-5-16(14)17/h3-6,11,15,18,22H,2,7-10,12-13H2,1H3,(H,23,28). The number of nitrogens with zero attached hydrogens (tertiary/aromatic N) is 2. The Morgan fingerprint density at radius 2 is 2.03 bits per heavy atom. The second-order valence-electron chi connectivity index (χ2n) is 8.13. The Balaban J connectivity index is 1.45. The number of H-pyrrole nitrogens is 1. The number of hydrogen-bond donors (Lipinski definition) is 2. The van der Waals surface area contributed by atoms with E-state index in [4.69, 9.17) is 0 Å². The summed E-state index contributed by atoms with van der Waals surface area (Å²) >= 11 is 0. The lowest BCUT2D eigenvalue weighted by Crippen LogP contribution is -2.48. The van der Waals surface area contributed by atoms with E-state index < -0.39 is 39.8 Å². The smallest absolute Gasteiger partial charge is 0.325 e. The molecule has 0 bridgehead atoms. The molecule has 31 heavy (non-hydrogen) atoms. The van der Waals surface area contributed by atoms with E-state index in [9.17, 15) is 22.8 Å². The van der Waals surface area contributed by atoms with E-state index in [1.807, 2.05) is 37.4 Å². The summed E-state index contributed by atoms with van der Waals surface area (Å²) in [5.74, 6) is -0.859.